The smallest absolute Gasteiger partial charge is 0.257 e. The Kier molecular flexibility index (Phi) is 7.74. The van der Waals surface area contributed by atoms with Crippen molar-refractivity contribution in [2.24, 2.45) is 15.9 Å². The maximum atomic E-state index is 10.9. The lowest BCUT2D eigenvalue weighted by Crippen LogP contribution is -2.36. The lowest BCUT2D eigenvalue weighted by molar-refractivity contribution is -0.124. The molecular weight excluding hydrogens is 308 g/mol. The molecule has 0 aromatic heterocycles. The Morgan fingerprint density at radius 2 is 2.26 bits per heavy atom. The molecule has 0 fully saturated rings. The van der Waals surface area contributed by atoms with E-state index < -0.39 is 24.7 Å². The zero-order valence-corrected chi connectivity index (χ0v) is 12.5. The number of aliphatic hydroxyl groups excluding tert-OH is 2. The second-order valence-corrected chi connectivity index (χ2v) is 4.48. The summed E-state index contributed by atoms with van der Waals surface area (Å²) in [5.41, 5.74) is 5.73. The second kappa shape index (κ2) is 9.56. The fourth-order valence-corrected chi connectivity index (χ4v) is 1.63. The average Bonchev–Trinajstić information content (AvgIpc) is 2.58. The van der Waals surface area contributed by atoms with Crippen LogP contribution < -0.4 is 11.1 Å². The molecule has 128 valence electrons. The number of nitrogens with zero attached hydrogens (tertiary/aromatic N) is 2. The van der Waals surface area contributed by atoms with E-state index in [1.165, 1.54) is 7.11 Å². The quantitative estimate of drug-likeness (QED) is 0.158. The standard InChI is InChI=1S/C13H20N4O6/c1-22-11-4-9(2-3-10(11)16-13(14)17-21)23-7-8(19)5-15-12(20)6-18/h2-4,8,11,18-19,21H,5-7H2,1H3,(H2,14,17)(H,15,20). The van der Waals surface area contributed by atoms with Crippen molar-refractivity contribution in [3.05, 3.63) is 24.0 Å². The van der Waals surface area contributed by atoms with Crippen LogP contribution in [-0.2, 0) is 14.3 Å². The van der Waals surface area contributed by atoms with Gasteiger partial charge in [-0.3, -0.25) is 4.79 Å². The number of methoxy groups -OCH3 is 1. The van der Waals surface area contributed by atoms with Crippen molar-refractivity contribution in [3.63, 3.8) is 0 Å². The van der Waals surface area contributed by atoms with E-state index in [0.717, 1.165) is 0 Å². The van der Waals surface area contributed by atoms with E-state index in [1.807, 2.05) is 0 Å². The van der Waals surface area contributed by atoms with Crippen LogP contribution in [0.3, 0.4) is 0 Å². The Morgan fingerprint density at radius 3 is 2.87 bits per heavy atom. The van der Waals surface area contributed by atoms with Crippen molar-refractivity contribution < 1.29 is 29.7 Å². The molecule has 0 radical (unpaired) electrons. The van der Waals surface area contributed by atoms with E-state index in [-0.39, 0.29) is 19.1 Å². The van der Waals surface area contributed by atoms with E-state index in [1.54, 1.807) is 18.2 Å². The van der Waals surface area contributed by atoms with Gasteiger partial charge in [-0.1, -0.05) is 0 Å². The number of nitrogens with two attached hydrogens (primary N) is 1. The van der Waals surface area contributed by atoms with Crippen molar-refractivity contribution >= 4 is 17.6 Å². The van der Waals surface area contributed by atoms with Gasteiger partial charge < -0.3 is 35.9 Å². The third-order valence-electron chi connectivity index (χ3n) is 2.75. The number of ether oxygens (including phenoxy) is 2. The van der Waals surface area contributed by atoms with Gasteiger partial charge in [0.15, 0.2) is 0 Å². The summed E-state index contributed by atoms with van der Waals surface area (Å²) < 4.78 is 10.6. The molecule has 0 bridgehead atoms. The van der Waals surface area contributed by atoms with Crippen LogP contribution in [0, 0.1) is 0 Å². The Labute approximate surface area is 132 Å². The monoisotopic (exact) mass is 328 g/mol. The molecule has 0 aromatic rings. The molecule has 0 saturated carbocycles. The molecule has 0 aliphatic heterocycles. The third-order valence-corrected chi connectivity index (χ3v) is 2.75. The number of allylic oxidation sites excluding steroid dienone is 1. The van der Waals surface area contributed by atoms with Crippen molar-refractivity contribution in [3.8, 4) is 0 Å². The van der Waals surface area contributed by atoms with E-state index >= 15 is 0 Å². The second-order valence-electron chi connectivity index (χ2n) is 4.48. The molecule has 0 saturated heterocycles. The molecule has 0 aromatic carbocycles. The van der Waals surface area contributed by atoms with Crippen molar-refractivity contribution in [1.82, 2.24) is 5.32 Å². The minimum absolute atomic E-state index is 0.0414. The molecule has 1 aliphatic rings. The lowest BCUT2D eigenvalue weighted by atomic mass is 10.1. The first-order chi connectivity index (χ1) is 11.0. The van der Waals surface area contributed by atoms with Crippen molar-refractivity contribution in [2.75, 3.05) is 26.9 Å². The van der Waals surface area contributed by atoms with E-state index in [2.05, 4.69) is 15.5 Å². The summed E-state index contributed by atoms with van der Waals surface area (Å²) in [4.78, 5) is 14.7. The van der Waals surface area contributed by atoms with E-state index in [4.69, 9.17) is 25.5 Å². The van der Waals surface area contributed by atoms with E-state index in [9.17, 15) is 9.90 Å². The predicted octanol–water partition coefficient (Wildman–Crippen LogP) is -1.91. The van der Waals surface area contributed by atoms with E-state index in [0.29, 0.717) is 11.5 Å². The number of rotatable bonds is 7. The third kappa shape index (κ3) is 6.46. The zero-order chi connectivity index (χ0) is 17.2. The van der Waals surface area contributed by atoms with Gasteiger partial charge in [0.25, 0.3) is 5.96 Å². The van der Waals surface area contributed by atoms with Crippen LogP contribution in [0.2, 0.25) is 0 Å². The number of aliphatic hydroxyl groups is 2. The zero-order valence-electron chi connectivity index (χ0n) is 12.5. The SMILES string of the molecule is COC1C=C(OCC(O)CNC(=O)CO)C=CC1=NC(N)=NO. The molecule has 10 nitrogen and oxygen atoms in total. The van der Waals surface area contributed by atoms with Crippen LogP contribution in [0.15, 0.2) is 34.1 Å². The van der Waals surface area contributed by atoms with Crippen LogP contribution in [0.1, 0.15) is 0 Å². The van der Waals surface area contributed by atoms with Gasteiger partial charge in [-0.05, 0) is 23.4 Å². The lowest BCUT2D eigenvalue weighted by Gasteiger charge is -2.19. The summed E-state index contributed by atoms with van der Waals surface area (Å²) >= 11 is 0. The van der Waals surface area contributed by atoms with Gasteiger partial charge in [-0.25, -0.2) is 4.99 Å². The molecule has 2 unspecified atom stereocenters. The Morgan fingerprint density at radius 1 is 1.52 bits per heavy atom. The summed E-state index contributed by atoms with van der Waals surface area (Å²) in [5, 5.41) is 31.8. The minimum Gasteiger partial charge on any atom is -0.491 e. The highest BCUT2D eigenvalue weighted by Gasteiger charge is 2.17. The van der Waals surface area contributed by atoms with Crippen LogP contribution in [0.5, 0.6) is 0 Å². The molecule has 1 rings (SSSR count). The van der Waals surface area contributed by atoms with Gasteiger partial charge in [-0.15, -0.1) is 0 Å². The maximum absolute atomic E-state index is 10.9. The molecule has 23 heavy (non-hydrogen) atoms. The van der Waals surface area contributed by atoms with Crippen molar-refractivity contribution in [1.29, 1.82) is 0 Å². The van der Waals surface area contributed by atoms with Crippen LogP contribution in [-0.4, -0.2) is 72.1 Å². The van der Waals surface area contributed by atoms with Gasteiger partial charge in [0.05, 0.1) is 5.71 Å². The van der Waals surface area contributed by atoms with Crippen LogP contribution >= 0.6 is 0 Å². The van der Waals surface area contributed by atoms with Gasteiger partial charge in [0.2, 0.25) is 5.91 Å². The van der Waals surface area contributed by atoms with Crippen molar-refractivity contribution in [2.45, 2.75) is 12.2 Å². The van der Waals surface area contributed by atoms with Gasteiger partial charge in [0, 0.05) is 13.7 Å². The first-order valence-electron chi connectivity index (χ1n) is 6.67. The largest absolute Gasteiger partial charge is 0.491 e. The number of hydrogen-bond acceptors (Lipinski definition) is 7. The normalized spacial score (nSPS) is 21.0. The number of nitrogens with one attached hydrogen (secondary N) is 1. The molecule has 1 amide bonds. The highest BCUT2D eigenvalue weighted by atomic mass is 16.5. The minimum atomic E-state index is -0.937. The summed E-state index contributed by atoms with van der Waals surface area (Å²) in [6.07, 6.45) is 3.26. The number of oxime groups is 1. The van der Waals surface area contributed by atoms with Gasteiger partial charge >= 0.3 is 0 Å². The summed E-state index contributed by atoms with van der Waals surface area (Å²) in [6.45, 7) is -0.745. The molecule has 10 heteroatoms. The average molecular weight is 328 g/mol. The molecule has 1 aliphatic carbocycles. The van der Waals surface area contributed by atoms with Crippen LogP contribution in [0.4, 0.5) is 0 Å². The number of carbonyl (C=O) groups is 1. The van der Waals surface area contributed by atoms with Crippen LogP contribution in [0.25, 0.3) is 0 Å². The predicted molar refractivity (Wildman–Crippen MR) is 80.9 cm³/mol. The number of aliphatic imine (C=N–C) groups is 1. The first kappa shape index (κ1) is 18.6. The Bertz CT molecular complexity index is 529. The number of amides is 1. The number of carbonyl (C=O) groups excluding carboxylic acids is 1. The Hall–Kier alpha value is -2.43. The topological polar surface area (TPSA) is 159 Å². The highest BCUT2D eigenvalue weighted by Crippen LogP contribution is 2.13. The highest BCUT2D eigenvalue weighted by molar-refractivity contribution is 6.07. The molecule has 6 N–H and O–H groups in total. The number of guanidine groups is 1. The fraction of sp³-hybridized carbons (Fsp3) is 0.462. The molecule has 0 heterocycles. The molecule has 2 atom stereocenters. The molecule has 0 spiro atoms. The Balaban J connectivity index is 2.55. The summed E-state index contributed by atoms with van der Waals surface area (Å²) in [5.74, 6) is -0.452. The fourth-order valence-electron chi connectivity index (χ4n) is 1.63. The summed E-state index contributed by atoms with van der Waals surface area (Å²) in [7, 11) is 1.46. The number of hydrogen-bond donors (Lipinski definition) is 5. The van der Waals surface area contributed by atoms with Gasteiger partial charge in [-0.2, -0.15) is 0 Å². The first-order valence-corrected chi connectivity index (χ1v) is 6.67. The summed E-state index contributed by atoms with van der Waals surface area (Å²) in [6, 6.07) is 0. The van der Waals surface area contributed by atoms with Gasteiger partial charge in [0.1, 0.15) is 31.2 Å². The maximum Gasteiger partial charge on any atom is 0.257 e. The molecular formula is C13H20N4O6.